The number of hydrogen-bond donors (Lipinski definition) is 4. The molecule has 0 bridgehead atoms. The van der Waals surface area contributed by atoms with E-state index < -0.39 is 6.04 Å². The van der Waals surface area contributed by atoms with Gasteiger partial charge in [-0.05, 0) is 59.5 Å². The summed E-state index contributed by atoms with van der Waals surface area (Å²) >= 11 is 1.63. The fraction of sp³-hybridized carbons (Fsp3) is 0.208. The van der Waals surface area contributed by atoms with Crippen LogP contribution in [-0.4, -0.2) is 27.8 Å². The van der Waals surface area contributed by atoms with Crippen LogP contribution in [0.1, 0.15) is 32.9 Å². The summed E-state index contributed by atoms with van der Waals surface area (Å²) in [4.78, 5) is 33.2. The molecule has 1 aromatic carbocycles. The summed E-state index contributed by atoms with van der Waals surface area (Å²) in [5.74, 6) is -0.137. The number of fused-ring (bicyclic) bond motifs is 1. The summed E-state index contributed by atoms with van der Waals surface area (Å²) in [5, 5.41) is 8.98. The Hall–Kier alpha value is -3.65. The number of thiophene rings is 1. The minimum absolute atomic E-state index is 0.258. The van der Waals surface area contributed by atoms with Gasteiger partial charge in [0.1, 0.15) is 17.6 Å². The standard InChI is InChI=1S/C24H25N5O2S/c1-14-9-15(2)28-22(14)24(31)29-19(10-17-13-32-20-6-4-3-5-18(17)20)23(30)27-12-16-7-8-21(25)26-11-16/h3-9,11,13,19,28H,10,12H2,1-2H3,(H2,25,26)(H,27,30)(H,29,31)/t19-/m0/s1. The van der Waals surface area contributed by atoms with Crippen LogP contribution in [-0.2, 0) is 17.8 Å². The maximum atomic E-state index is 13.1. The summed E-state index contributed by atoms with van der Waals surface area (Å²) < 4.78 is 1.15. The lowest BCUT2D eigenvalue weighted by atomic mass is 10.0. The number of nitrogens with two attached hydrogens (primary N) is 1. The van der Waals surface area contributed by atoms with Gasteiger partial charge in [-0.25, -0.2) is 4.98 Å². The number of aromatic amines is 1. The molecule has 0 aliphatic carbocycles. The smallest absolute Gasteiger partial charge is 0.268 e. The van der Waals surface area contributed by atoms with Crippen molar-refractivity contribution in [3.8, 4) is 0 Å². The van der Waals surface area contributed by atoms with Crippen LogP contribution in [0.3, 0.4) is 0 Å². The van der Waals surface area contributed by atoms with Crippen molar-refractivity contribution >= 4 is 39.1 Å². The van der Waals surface area contributed by atoms with Gasteiger partial charge in [0, 0.05) is 29.6 Å². The van der Waals surface area contributed by atoms with Crippen LogP contribution in [0, 0.1) is 13.8 Å². The summed E-state index contributed by atoms with van der Waals surface area (Å²) in [6.45, 7) is 4.06. The molecule has 0 saturated heterocycles. The van der Waals surface area contributed by atoms with Crippen molar-refractivity contribution in [1.82, 2.24) is 20.6 Å². The fourth-order valence-electron chi connectivity index (χ4n) is 3.67. The molecule has 7 nitrogen and oxygen atoms in total. The van der Waals surface area contributed by atoms with Crippen LogP contribution in [0.4, 0.5) is 5.82 Å². The zero-order valence-corrected chi connectivity index (χ0v) is 18.8. The largest absolute Gasteiger partial charge is 0.384 e. The lowest BCUT2D eigenvalue weighted by Crippen LogP contribution is -2.48. The maximum absolute atomic E-state index is 13.1. The summed E-state index contributed by atoms with van der Waals surface area (Å²) in [6.07, 6.45) is 2.01. The number of amides is 2. The minimum atomic E-state index is -0.731. The molecule has 32 heavy (non-hydrogen) atoms. The van der Waals surface area contributed by atoms with E-state index >= 15 is 0 Å². The third-order valence-corrected chi connectivity index (χ3v) is 6.31. The second kappa shape index (κ2) is 9.23. The van der Waals surface area contributed by atoms with E-state index in [2.05, 4.69) is 26.7 Å². The number of H-pyrrole nitrogens is 1. The number of nitrogens with one attached hydrogen (secondary N) is 3. The first-order valence-corrected chi connectivity index (χ1v) is 11.2. The molecule has 0 unspecified atom stereocenters. The summed E-state index contributed by atoms with van der Waals surface area (Å²) in [7, 11) is 0. The Bertz CT molecular complexity index is 1260. The van der Waals surface area contributed by atoms with Crippen LogP contribution in [0.15, 0.2) is 54.0 Å². The fourth-order valence-corrected chi connectivity index (χ4v) is 4.64. The van der Waals surface area contributed by atoms with Crippen molar-refractivity contribution in [3.63, 3.8) is 0 Å². The lowest BCUT2D eigenvalue weighted by Gasteiger charge is -2.18. The van der Waals surface area contributed by atoms with E-state index in [1.807, 2.05) is 49.6 Å². The molecule has 4 aromatic rings. The van der Waals surface area contributed by atoms with E-state index in [0.717, 1.165) is 32.5 Å². The van der Waals surface area contributed by atoms with Crippen molar-refractivity contribution in [1.29, 1.82) is 0 Å². The van der Waals surface area contributed by atoms with E-state index in [-0.39, 0.29) is 11.8 Å². The first-order chi connectivity index (χ1) is 15.4. The molecular weight excluding hydrogens is 422 g/mol. The predicted molar refractivity (Wildman–Crippen MR) is 128 cm³/mol. The number of benzene rings is 1. The summed E-state index contributed by atoms with van der Waals surface area (Å²) in [6, 6.07) is 12.7. The highest BCUT2D eigenvalue weighted by Gasteiger charge is 2.24. The Morgan fingerprint density at radius 2 is 2.00 bits per heavy atom. The van der Waals surface area contributed by atoms with Gasteiger partial charge in [-0.1, -0.05) is 24.3 Å². The SMILES string of the molecule is Cc1cc(C)c(C(=O)N[C@@H](Cc2csc3ccccc23)C(=O)NCc2ccc(N)nc2)[nH]1. The molecule has 3 heterocycles. The van der Waals surface area contributed by atoms with E-state index in [1.54, 1.807) is 23.6 Å². The highest BCUT2D eigenvalue weighted by molar-refractivity contribution is 7.17. The van der Waals surface area contributed by atoms with Gasteiger partial charge in [-0.2, -0.15) is 0 Å². The summed E-state index contributed by atoms with van der Waals surface area (Å²) in [5.41, 5.74) is 9.69. The highest BCUT2D eigenvalue weighted by atomic mass is 32.1. The third-order valence-electron chi connectivity index (χ3n) is 5.30. The second-order valence-corrected chi connectivity index (χ2v) is 8.72. The van der Waals surface area contributed by atoms with Gasteiger partial charge in [-0.3, -0.25) is 9.59 Å². The topological polar surface area (TPSA) is 113 Å². The van der Waals surface area contributed by atoms with E-state index in [0.29, 0.717) is 24.5 Å². The Balaban J connectivity index is 1.54. The quantitative estimate of drug-likeness (QED) is 0.347. The Labute approximate surface area is 190 Å². The number of carbonyl (C=O) groups is 2. The number of anilines is 1. The molecule has 0 radical (unpaired) electrons. The van der Waals surface area contributed by atoms with Crippen LogP contribution in [0.25, 0.3) is 10.1 Å². The molecular formula is C24H25N5O2S. The van der Waals surface area contributed by atoms with E-state index in [1.165, 1.54) is 0 Å². The molecule has 0 aliphatic heterocycles. The number of carbonyl (C=O) groups excluding carboxylic acids is 2. The number of nitrogen functional groups attached to an aromatic ring is 1. The third kappa shape index (κ3) is 4.81. The number of aryl methyl sites for hydroxylation is 2. The minimum Gasteiger partial charge on any atom is -0.384 e. The molecule has 8 heteroatoms. The normalized spacial score (nSPS) is 11.9. The maximum Gasteiger partial charge on any atom is 0.268 e. The van der Waals surface area contributed by atoms with Crippen LogP contribution in [0.5, 0.6) is 0 Å². The zero-order chi connectivity index (χ0) is 22.7. The van der Waals surface area contributed by atoms with Gasteiger partial charge in [0.25, 0.3) is 5.91 Å². The van der Waals surface area contributed by atoms with Crippen LogP contribution in [0.2, 0.25) is 0 Å². The number of pyridine rings is 1. The van der Waals surface area contributed by atoms with Gasteiger partial charge < -0.3 is 21.4 Å². The first-order valence-electron chi connectivity index (χ1n) is 10.3. The Morgan fingerprint density at radius 1 is 1.19 bits per heavy atom. The lowest BCUT2D eigenvalue weighted by molar-refractivity contribution is -0.123. The van der Waals surface area contributed by atoms with Crippen molar-refractivity contribution in [2.45, 2.75) is 32.9 Å². The highest BCUT2D eigenvalue weighted by Crippen LogP contribution is 2.26. The molecule has 0 saturated carbocycles. The van der Waals surface area contributed by atoms with Crippen LogP contribution < -0.4 is 16.4 Å². The molecule has 0 fully saturated rings. The van der Waals surface area contributed by atoms with E-state index in [4.69, 9.17) is 5.73 Å². The van der Waals surface area contributed by atoms with Gasteiger partial charge in [-0.15, -0.1) is 11.3 Å². The molecule has 0 aliphatic rings. The van der Waals surface area contributed by atoms with Crippen molar-refractivity contribution in [3.05, 3.63) is 82.1 Å². The molecule has 2 amide bonds. The van der Waals surface area contributed by atoms with Gasteiger partial charge in [0.15, 0.2) is 0 Å². The Kier molecular flexibility index (Phi) is 6.23. The zero-order valence-electron chi connectivity index (χ0n) is 17.9. The molecule has 4 rings (SSSR count). The Morgan fingerprint density at radius 3 is 2.72 bits per heavy atom. The van der Waals surface area contributed by atoms with Gasteiger partial charge >= 0.3 is 0 Å². The molecule has 1 atom stereocenters. The number of rotatable bonds is 7. The molecule has 164 valence electrons. The first kappa shape index (κ1) is 21.6. The molecule has 0 spiro atoms. The predicted octanol–water partition coefficient (Wildman–Crippen LogP) is 3.48. The molecule has 3 aromatic heterocycles. The average Bonchev–Trinajstić information content (AvgIpc) is 3.35. The number of nitrogens with zero attached hydrogens (tertiary/aromatic N) is 1. The number of hydrogen-bond acceptors (Lipinski definition) is 5. The van der Waals surface area contributed by atoms with Crippen molar-refractivity contribution < 1.29 is 9.59 Å². The molecule has 5 N–H and O–H groups in total. The van der Waals surface area contributed by atoms with Crippen molar-refractivity contribution in [2.75, 3.05) is 5.73 Å². The van der Waals surface area contributed by atoms with Gasteiger partial charge in [0.2, 0.25) is 5.91 Å². The van der Waals surface area contributed by atoms with E-state index in [9.17, 15) is 9.59 Å². The van der Waals surface area contributed by atoms with Gasteiger partial charge in [0.05, 0.1) is 0 Å². The second-order valence-electron chi connectivity index (χ2n) is 7.81. The number of aromatic nitrogens is 2. The van der Waals surface area contributed by atoms with Crippen molar-refractivity contribution in [2.24, 2.45) is 0 Å². The average molecular weight is 448 g/mol. The monoisotopic (exact) mass is 447 g/mol. The van der Waals surface area contributed by atoms with Crippen LogP contribution >= 0.6 is 11.3 Å².